The summed E-state index contributed by atoms with van der Waals surface area (Å²) in [5.74, 6) is 0.797. The van der Waals surface area contributed by atoms with Crippen LogP contribution in [-0.4, -0.2) is 60.6 Å². The van der Waals surface area contributed by atoms with Gasteiger partial charge in [-0.15, -0.1) is 0 Å². The quantitative estimate of drug-likeness (QED) is 0.842. The average Bonchev–Trinajstić information content (AvgIpc) is 2.40. The normalized spacial score (nSPS) is 34.9. The summed E-state index contributed by atoms with van der Waals surface area (Å²) in [7, 11) is 0. The molecule has 0 amide bonds. The Labute approximate surface area is 119 Å². The van der Waals surface area contributed by atoms with Crippen LogP contribution in [0.3, 0.4) is 0 Å². The molecule has 112 valence electrons. The van der Waals surface area contributed by atoms with E-state index in [1.54, 1.807) is 0 Å². The van der Waals surface area contributed by atoms with E-state index in [1.165, 1.54) is 52.0 Å². The maximum Gasteiger partial charge on any atom is 0.0227 e. The van der Waals surface area contributed by atoms with Crippen molar-refractivity contribution in [3.63, 3.8) is 0 Å². The Hall–Kier alpha value is -0.120. The van der Waals surface area contributed by atoms with Crippen LogP contribution < -0.4 is 5.32 Å². The molecule has 3 unspecified atom stereocenters. The zero-order valence-corrected chi connectivity index (χ0v) is 13.4. The number of hydrogen-bond donors (Lipinski definition) is 1. The van der Waals surface area contributed by atoms with E-state index in [-0.39, 0.29) is 0 Å². The highest BCUT2D eigenvalue weighted by Gasteiger charge is 2.32. The van der Waals surface area contributed by atoms with Crippen LogP contribution in [0.5, 0.6) is 0 Å². The summed E-state index contributed by atoms with van der Waals surface area (Å²) in [6, 6.07) is 2.19. The molecule has 0 saturated carbocycles. The standard InChI is InChI=1S/C16H33N3/c1-5-18-8-6-7-16(12-18)19-11-15(9-13(2)3)17-10-14(19)4/h13-17H,5-12H2,1-4H3. The highest BCUT2D eigenvalue weighted by atomic mass is 15.3. The number of nitrogens with one attached hydrogen (secondary N) is 1. The van der Waals surface area contributed by atoms with Crippen molar-refractivity contribution >= 4 is 0 Å². The van der Waals surface area contributed by atoms with Gasteiger partial charge in [0, 0.05) is 37.8 Å². The molecule has 2 aliphatic rings. The van der Waals surface area contributed by atoms with Crippen molar-refractivity contribution in [2.75, 3.05) is 32.7 Å². The van der Waals surface area contributed by atoms with Gasteiger partial charge in [0.25, 0.3) is 0 Å². The first kappa shape index (κ1) is 15.3. The van der Waals surface area contributed by atoms with E-state index in [0.29, 0.717) is 12.1 Å². The lowest BCUT2D eigenvalue weighted by Gasteiger charge is -2.47. The number of likely N-dealkylation sites (tertiary alicyclic amines) is 1. The summed E-state index contributed by atoms with van der Waals surface area (Å²) in [6.45, 7) is 15.6. The number of rotatable bonds is 4. The monoisotopic (exact) mass is 267 g/mol. The molecule has 0 aromatic carbocycles. The number of piperidine rings is 1. The van der Waals surface area contributed by atoms with Crippen molar-refractivity contribution in [1.82, 2.24) is 15.1 Å². The summed E-state index contributed by atoms with van der Waals surface area (Å²) < 4.78 is 0. The first-order chi connectivity index (χ1) is 9.10. The molecule has 3 nitrogen and oxygen atoms in total. The van der Waals surface area contributed by atoms with Gasteiger partial charge in [-0.25, -0.2) is 0 Å². The van der Waals surface area contributed by atoms with Crippen LogP contribution in [0.2, 0.25) is 0 Å². The molecular weight excluding hydrogens is 234 g/mol. The number of nitrogens with zero attached hydrogens (tertiary/aromatic N) is 2. The van der Waals surface area contributed by atoms with Gasteiger partial charge in [0.2, 0.25) is 0 Å². The molecule has 0 bridgehead atoms. The lowest BCUT2D eigenvalue weighted by molar-refractivity contribution is 0.0399. The van der Waals surface area contributed by atoms with E-state index in [4.69, 9.17) is 0 Å². The third-order valence-electron chi connectivity index (χ3n) is 4.85. The third-order valence-corrected chi connectivity index (χ3v) is 4.85. The maximum atomic E-state index is 3.74. The van der Waals surface area contributed by atoms with Crippen molar-refractivity contribution in [3.05, 3.63) is 0 Å². The molecule has 0 aromatic rings. The predicted octanol–water partition coefficient (Wildman–Crippen LogP) is 2.18. The van der Waals surface area contributed by atoms with E-state index >= 15 is 0 Å². The van der Waals surface area contributed by atoms with Crippen LogP contribution in [0.1, 0.15) is 47.0 Å². The van der Waals surface area contributed by atoms with E-state index < -0.39 is 0 Å². The Balaban J connectivity index is 1.92. The van der Waals surface area contributed by atoms with Gasteiger partial charge in [-0.1, -0.05) is 20.8 Å². The van der Waals surface area contributed by atoms with Crippen LogP contribution in [-0.2, 0) is 0 Å². The SMILES string of the molecule is CCN1CCCC(N2CC(CC(C)C)NCC2C)C1. The Morgan fingerprint density at radius 3 is 2.74 bits per heavy atom. The topological polar surface area (TPSA) is 18.5 Å². The van der Waals surface area contributed by atoms with Gasteiger partial charge in [0.05, 0.1) is 0 Å². The van der Waals surface area contributed by atoms with Gasteiger partial charge in [-0.3, -0.25) is 4.90 Å². The summed E-state index contributed by atoms with van der Waals surface area (Å²) in [5.41, 5.74) is 0. The maximum absolute atomic E-state index is 3.74. The van der Waals surface area contributed by atoms with Crippen LogP contribution in [0.25, 0.3) is 0 Å². The first-order valence-electron chi connectivity index (χ1n) is 8.31. The van der Waals surface area contributed by atoms with Crippen molar-refractivity contribution in [2.45, 2.75) is 65.1 Å². The second-order valence-electron chi connectivity index (χ2n) is 6.97. The minimum absolute atomic E-state index is 0.699. The van der Waals surface area contributed by atoms with Gasteiger partial charge < -0.3 is 10.2 Å². The average molecular weight is 267 g/mol. The molecular formula is C16H33N3. The summed E-state index contributed by atoms with van der Waals surface area (Å²) in [6.07, 6.45) is 4.09. The third kappa shape index (κ3) is 4.17. The van der Waals surface area contributed by atoms with Crippen LogP contribution in [0, 0.1) is 5.92 Å². The molecule has 2 heterocycles. The number of piperazine rings is 1. The highest BCUT2D eigenvalue weighted by Crippen LogP contribution is 2.21. The molecule has 0 aliphatic carbocycles. The smallest absolute Gasteiger partial charge is 0.0227 e. The zero-order valence-electron chi connectivity index (χ0n) is 13.4. The molecule has 2 saturated heterocycles. The van der Waals surface area contributed by atoms with Gasteiger partial charge in [0.15, 0.2) is 0 Å². The largest absolute Gasteiger partial charge is 0.311 e. The second-order valence-corrected chi connectivity index (χ2v) is 6.97. The molecule has 19 heavy (non-hydrogen) atoms. The molecule has 2 rings (SSSR count). The minimum Gasteiger partial charge on any atom is -0.311 e. The Kier molecular flexibility index (Phi) is 5.67. The summed E-state index contributed by atoms with van der Waals surface area (Å²) in [4.78, 5) is 5.42. The fraction of sp³-hybridized carbons (Fsp3) is 1.00. The van der Waals surface area contributed by atoms with Gasteiger partial charge in [-0.05, 0) is 45.2 Å². The fourth-order valence-corrected chi connectivity index (χ4v) is 3.78. The van der Waals surface area contributed by atoms with E-state index in [1.807, 2.05) is 0 Å². The van der Waals surface area contributed by atoms with Crippen molar-refractivity contribution in [3.8, 4) is 0 Å². The van der Waals surface area contributed by atoms with Crippen molar-refractivity contribution < 1.29 is 0 Å². The van der Waals surface area contributed by atoms with Crippen LogP contribution in [0.15, 0.2) is 0 Å². The molecule has 1 N–H and O–H groups in total. The first-order valence-corrected chi connectivity index (χ1v) is 8.31. The summed E-state index contributed by atoms with van der Waals surface area (Å²) in [5, 5.41) is 3.74. The van der Waals surface area contributed by atoms with Gasteiger partial charge in [0.1, 0.15) is 0 Å². The van der Waals surface area contributed by atoms with Crippen molar-refractivity contribution in [1.29, 1.82) is 0 Å². The van der Waals surface area contributed by atoms with Crippen LogP contribution >= 0.6 is 0 Å². The van der Waals surface area contributed by atoms with Gasteiger partial charge >= 0.3 is 0 Å². The lowest BCUT2D eigenvalue weighted by atomic mass is 9.96. The molecule has 3 atom stereocenters. The molecule has 0 radical (unpaired) electrons. The second kappa shape index (κ2) is 7.05. The minimum atomic E-state index is 0.699. The number of hydrogen-bond acceptors (Lipinski definition) is 3. The zero-order chi connectivity index (χ0) is 13.8. The Bertz CT molecular complexity index is 267. The van der Waals surface area contributed by atoms with E-state index in [2.05, 4.69) is 42.8 Å². The lowest BCUT2D eigenvalue weighted by Crippen LogP contribution is -2.61. The van der Waals surface area contributed by atoms with E-state index in [9.17, 15) is 0 Å². The predicted molar refractivity (Wildman–Crippen MR) is 82.5 cm³/mol. The number of likely N-dealkylation sites (N-methyl/N-ethyl adjacent to an activating group) is 1. The van der Waals surface area contributed by atoms with Gasteiger partial charge in [-0.2, -0.15) is 0 Å². The van der Waals surface area contributed by atoms with E-state index in [0.717, 1.165) is 12.0 Å². The van der Waals surface area contributed by atoms with Crippen molar-refractivity contribution in [2.24, 2.45) is 5.92 Å². The summed E-state index contributed by atoms with van der Waals surface area (Å²) >= 11 is 0. The Morgan fingerprint density at radius 2 is 2.05 bits per heavy atom. The van der Waals surface area contributed by atoms with Crippen LogP contribution in [0.4, 0.5) is 0 Å². The molecule has 3 heteroatoms. The Morgan fingerprint density at radius 1 is 1.26 bits per heavy atom. The molecule has 0 spiro atoms. The molecule has 2 aliphatic heterocycles. The molecule has 2 fully saturated rings. The highest BCUT2D eigenvalue weighted by molar-refractivity contribution is 4.91. The molecule has 0 aromatic heterocycles. The fourth-order valence-electron chi connectivity index (χ4n) is 3.78.